The van der Waals surface area contributed by atoms with Crippen molar-refractivity contribution < 1.29 is 18.7 Å². The van der Waals surface area contributed by atoms with Crippen molar-refractivity contribution in [3.63, 3.8) is 0 Å². The number of amides is 1. The molecule has 2 rings (SSSR count). The van der Waals surface area contributed by atoms with Crippen LogP contribution in [0.3, 0.4) is 0 Å². The van der Waals surface area contributed by atoms with Crippen molar-refractivity contribution in [1.29, 1.82) is 0 Å². The monoisotopic (exact) mass is 325 g/mol. The summed E-state index contributed by atoms with van der Waals surface area (Å²) in [6.07, 6.45) is -1.20. The summed E-state index contributed by atoms with van der Waals surface area (Å²) in [6.45, 7) is -0.0304. The van der Waals surface area contributed by atoms with Gasteiger partial charge in [-0.3, -0.25) is 4.79 Å². The summed E-state index contributed by atoms with van der Waals surface area (Å²) in [5, 5.41) is 13.0. The maximum Gasteiger partial charge on any atom is 0.224 e. The SMILES string of the molecule is O=C(Cc1cc(F)ccc1F)NCC(O)c1ccc(Cl)cc1. The lowest BCUT2D eigenvalue weighted by Crippen LogP contribution is -2.29. The van der Waals surface area contributed by atoms with E-state index in [1.165, 1.54) is 0 Å². The van der Waals surface area contributed by atoms with Gasteiger partial charge in [-0.2, -0.15) is 0 Å². The number of aliphatic hydroxyl groups is 1. The third kappa shape index (κ3) is 4.51. The van der Waals surface area contributed by atoms with Crippen molar-refractivity contribution in [1.82, 2.24) is 5.32 Å². The van der Waals surface area contributed by atoms with Gasteiger partial charge in [0.2, 0.25) is 5.91 Å². The molecule has 2 aromatic rings. The highest BCUT2D eigenvalue weighted by Gasteiger charge is 2.12. The zero-order chi connectivity index (χ0) is 16.1. The summed E-state index contributed by atoms with van der Waals surface area (Å²) < 4.78 is 26.4. The molecule has 0 radical (unpaired) electrons. The number of carbonyl (C=O) groups is 1. The predicted molar refractivity (Wildman–Crippen MR) is 79.5 cm³/mol. The Balaban J connectivity index is 1.89. The van der Waals surface area contributed by atoms with Crippen molar-refractivity contribution in [2.45, 2.75) is 12.5 Å². The van der Waals surface area contributed by atoms with E-state index in [0.29, 0.717) is 10.6 Å². The van der Waals surface area contributed by atoms with Gasteiger partial charge in [0, 0.05) is 17.1 Å². The molecule has 1 unspecified atom stereocenters. The average molecular weight is 326 g/mol. The molecule has 0 heterocycles. The van der Waals surface area contributed by atoms with E-state index in [0.717, 1.165) is 18.2 Å². The van der Waals surface area contributed by atoms with Crippen LogP contribution < -0.4 is 5.32 Å². The Hall–Kier alpha value is -1.98. The molecule has 0 aliphatic rings. The van der Waals surface area contributed by atoms with Crippen molar-refractivity contribution >= 4 is 17.5 Å². The van der Waals surface area contributed by atoms with Gasteiger partial charge < -0.3 is 10.4 Å². The standard InChI is InChI=1S/C16H14ClF2NO2/c17-12-3-1-10(2-4-12)15(21)9-20-16(22)8-11-7-13(18)5-6-14(11)19/h1-7,15,21H,8-9H2,(H,20,22). The van der Waals surface area contributed by atoms with E-state index in [1.807, 2.05) is 0 Å². The van der Waals surface area contributed by atoms with Crippen LogP contribution in [0, 0.1) is 11.6 Å². The van der Waals surface area contributed by atoms with E-state index in [-0.39, 0.29) is 18.5 Å². The summed E-state index contributed by atoms with van der Waals surface area (Å²) in [7, 11) is 0. The first kappa shape index (κ1) is 16.4. The molecular formula is C16H14ClF2NO2. The number of aliphatic hydroxyl groups excluding tert-OH is 1. The maximum atomic E-state index is 13.4. The third-order valence-electron chi connectivity index (χ3n) is 3.11. The fraction of sp³-hybridized carbons (Fsp3) is 0.188. The number of hydrogen-bond donors (Lipinski definition) is 2. The predicted octanol–water partition coefficient (Wildman–Crippen LogP) is 3.01. The number of rotatable bonds is 5. The molecule has 0 fully saturated rings. The Morgan fingerprint density at radius 3 is 2.55 bits per heavy atom. The van der Waals surface area contributed by atoms with Crippen LogP contribution in [0.25, 0.3) is 0 Å². The minimum Gasteiger partial charge on any atom is -0.387 e. The number of carbonyl (C=O) groups excluding carboxylic acids is 1. The van der Waals surface area contributed by atoms with Gasteiger partial charge in [-0.25, -0.2) is 8.78 Å². The lowest BCUT2D eigenvalue weighted by atomic mass is 10.1. The quantitative estimate of drug-likeness (QED) is 0.888. The van der Waals surface area contributed by atoms with E-state index < -0.39 is 23.6 Å². The van der Waals surface area contributed by atoms with E-state index in [1.54, 1.807) is 24.3 Å². The number of nitrogens with one attached hydrogen (secondary N) is 1. The fourth-order valence-electron chi connectivity index (χ4n) is 1.93. The molecular weight excluding hydrogens is 312 g/mol. The number of benzene rings is 2. The normalized spacial score (nSPS) is 12.0. The molecule has 0 spiro atoms. The summed E-state index contributed by atoms with van der Waals surface area (Å²) in [5.74, 6) is -1.75. The van der Waals surface area contributed by atoms with Crippen LogP contribution in [0.5, 0.6) is 0 Å². The molecule has 1 atom stereocenters. The van der Waals surface area contributed by atoms with Gasteiger partial charge in [0.1, 0.15) is 11.6 Å². The van der Waals surface area contributed by atoms with Gasteiger partial charge in [-0.15, -0.1) is 0 Å². The molecule has 0 bridgehead atoms. The van der Waals surface area contributed by atoms with E-state index in [4.69, 9.17) is 11.6 Å². The van der Waals surface area contributed by atoms with Gasteiger partial charge in [-0.05, 0) is 35.9 Å². The van der Waals surface area contributed by atoms with E-state index in [9.17, 15) is 18.7 Å². The first-order valence-corrected chi connectivity index (χ1v) is 6.97. The molecule has 3 nitrogen and oxygen atoms in total. The molecule has 22 heavy (non-hydrogen) atoms. The lowest BCUT2D eigenvalue weighted by molar-refractivity contribution is -0.120. The zero-order valence-electron chi connectivity index (χ0n) is 11.5. The van der Waals surface area contributed by atoms with Crippen LogP contribution in [0.1, 0.15) is 17.2 Å². The van der Waals surface area contributed by atoms with Crippen LogP contribution in [0.4, 0.5) is 8.78 Å². The molecule has 6 heteroatoms. The summed E-state index contributed by atoms with van der Waals surface area (Å²) in [6, 6.07) is 9.48. The second-order valence-corrected chi connectivity index (χ2v) is 5.22. The van der Waals surface area contributed by atoms with Crippen LogP contribution in [0.2, 0.25) is 5.02 Å². The molecule has 1 amide bonds. The Bertz CT molecular complexity index is 662. The summed E-state index contributed by atoms with van der Waals surface area (Å²) in [4.78, 5) is 11.7. The van der Waals surface area contributed by atoms with Gasteiger partial charge in [0.15, 0.2) is 0 Å². The zero-order valence-corrected chi connectivity index (χ0v) is 12.3. The molecule has 0 saturated carbocycles. The Morgan fingerprint density at radius 1 is 1.18 bits per heavy atom. The molecule has 116 valence electrons. The lowest BCUT2D eigenvalue weighted by Gasteiger charge is -2.12. The van der Waals surface area contributed by atoms with Gasteiger partial charge in [0.05, 0.1) is 12.5 Å². The van der Waals surface area contributed by atoms with Crippen molar-refractivity contribution in [2.75, 3.05) is 6.54 Å². The molecule has 0 aromatic heterocycles. The van der Waals surface area contributed by atoms with Gasteiger partial charge in [-0.1, -0.05) is 23.7 Å². The van der Waals surface area contributed by atoms with Crippen molar-refractivity contribution in [3.05, 3.63) is 70.2 Å². The van der Waals surface area contributed by atoms with Crippen LogP contribution in [0.15, 0.2) is 42.5 Å². The second-order valence-electron chi connectivity index (χ2n) is 4.78. The molecule has 2 N–H and O–H groups in total. The fourth-order valence-corrected chi connectivity index (χ4v) is 2.05. The van der Waals surface area contributed by atoms with Crippen molar-refractivity contribution in [2.24, 2.45) is 0 Å². The summed E-state index contributed by atoms with van der Waals surface area (Å²) >= 11 is 5.74. The minimum absolute atomic E-state index is 0.0292. The van der Waals surface area contributed by atoms with Crippen molar-refractivity contribution in [3.8, 4) is 0 Å². The van der Waals surface area contributed by atoms with Crippen LogP contribution in [-0.2, 0) is 11.2 Å². The molecule has 0 aliphatic heterocycles. The molecule has 0 aliphatic carbocycles. The van der Waals surface area contributed by atoms with Gasteiger partial charge >= 0.3 is 0 Å². The average Bonchev–Trinajstić information content (AvgIpc) is 2.49. The summed E-state index contributed by atoms with van der Waals surface area (Å²) in [5.41, 5.74) is 0.570. The highest BCUT2D eigenvalue weighted by Crippen LogP contribution is 2.16. The van der Waals surface area contributed by atoms with E-state index >= 15 is 0 Å². The first-order valence-electron chi connectivity index (χ1n) is 6.60. The first-order chi connectivity index (χ1) is 10.5. The topological polar surface area (TPSA) is 49.3 Å². The second kappa shape index (κ2) is 7.33. The third-order valence-corrected chi connectivity index (χ3v) is 3.36. The largest absolute Gasteiger partial charge is 0.387 e. The Kier molecular flexibility index (Phi) is 5.46. The molecule has 2 aromatic carbocycles. The van der Waals surface area contributed by atoms with E-state index in [2.05, 4.69) is 5.32 Å². The van der Waals surface area contributed by atoms with Crippen LogP contribution in [-0.4, -0.2) is 17.6 Å². The Labute approximate surface area is 131 Å². The highest BCUT2D eigenvalue weighted by molar-refractivity contribution is 6.30. The maximum absolute atomic E-state index is 13.4. The highest BCUT2D eigenvalue weighted by atomic mass is 35.5. The smallest absolute Gasteiger partial charge is 0.224 e. The number of halogens is 3. The number of hydrogen-bond acceptors (Lipinski definition) is 2. The Morgan fingerprint density at radius 2 is 1.86 bits per heavy atom. The minimum atomic E-state index is -0.904. The van der Waals surface area contributed by atoms with Gasteiger partial charge in [0.25, 0.3) is 0 Å². The molecule has 0 saturated heterocycles. The van der Waals surface area contributed by atoms with Crippen LogP contribution >= 0.6 is 11.6 Å².